The van der Waals surface area contributed by atoms with E-state index >= 15 is 0 Å². The maximum atomic E-state index is 11.2. The third kappa shape index (κ3) is 2.25. The van der Waals surface area contributed by atoms with Crippen molar-refractivity contribution < 1.29 is 29.6 Å². The fourth-order valence-corrected chi connectivity index (χ4v) is 2.42. The predicted molar refractivity (Wildman–Crippen MR) is 70.4 cm³/mol. The van der Waals surface area contributed by atoms with Crippen molar-refractivity contribution in [1.82, 2.24) is 0 Å². The Hall–Kier alpha value is -1.77. The fraction of sp³-hybridized carbons (Fsp3) is 0.357. The van der Waals surface area contributed by atoms with Gasteiger partial charge in [0.05, 0.1) is 6.61 Å². The van der Waals surface area contributed by atoms with E-state index in [1.807, 2.05) is 0 Å². The van der Waals surface area contributed by atoms with Crippen LogP contribution in [0.4, 0.5) is 0 Å². The Kier molecular flexibility index (Phi) is 3.31. The predicted octanol–water partition coefficient (Wildman–Crippen LogP) is -0.949. The molecule has 0 saturated carbocycles. The molecule has 4 atom stereocenters. The maximum Gasteiger partial charge on any atom is 0.336 e. The molecule has 1 aromatic heterocycles. The van der Waals surface area contributed by atoms with E-state index in [0.717, 1.165) is 0 Å². The molecule has 0 amide bonds. The number of benzene rings is 1. The van der Waals surface area contributed by atoms with Gasteiger partial charge in [-0.1, -0.05) is 12.1 Å². The Morgan fingerprint density at radius 3 is 2.62 bits per heavy atom. The summed E-state index contributed by atoms with van der Waals surface area (Å²) in [5.41, 5.74) is -2.01. The molecular formula is C14H14O7. The van der Waals surface area contributed by atoms with Crippen LogP contribution < -0.4 is 5.63 Å². The average molecular weight is 294 g/mol. The second kappa shape index (κ2) is 4.90. The van der Waals surface area contributed by atoms with Crippen molar-refractivity contribution in [1.29, 1.82) is 0 Å². The van der Waals surface area contributed by atoms with Crippen LogP contribution >= 0.6 is 0 Å². The lowest BCUT2D eigenvalue weighted by Crippen LogP contribution is -2.59. The van der Waals surface area contributed by atoms with E-state index in [4.69, 9.17) is 9.15 Å². The van der Waals surface area contributed by atoms with Gasteiger partial charge in [-0.25, -0.2) is 4.79 Å². The highest BCUT2D eigenvalue weighted by Gasteiger charge is 2.49. The van der Waals surface area contributed by atoms with Crippen molar-refractivity contribution in [3.05, 3.63) is 46.3 Å². The zero-order valence-corrected chi connectivity index (χ0v) is 10.8. The van der Waals surface area contributed by atoms with Gasteiger partial charge in [0.1, 0.15) is 23.4 Å². The molecule has 2 heterocycles. The Balaban J connectivity index is 2.08. The topological polar surface area (TPSA) is 120 Å². The molecule has 7 heteroatoms. The average Bonchev–Trinajstić information content (AvgIpc) is 2.48. The van der Waals surface area contributed by atoms with E-state index in [1.165, 1.54) is 18.2 Å². The Morgan fingerprint density at radius 2 is 1.86 bits per heavy atom. The molecule has 112 valence electrons. The molecule has 0 aliphatic carbocycles. The van der Waals surface area contributed by atoms with Crippen molar-refractivity contribution in [2.75, 3.05) is 6.61 Å². The van der Waals surface area contributed by atoms with Gasteiger partial charge in [0.15, 0.2) is 6.29 Å². The molecule has 1 aromatic carbocycles. The zero-order chi connectivity index (χ0) is 15.2. The highest BCUT2D eigenvalue weighted by Crippen LogP contribution is 2.34. The molecule has 0 radical (unpaired) electrons. The summed E-state index contributed by atoms with van der Waals surface area (Å²) in [7, 11) is 0. The van der Waals surface area contributed by atoms with Crippen LogP contribution in [0.5, 0.6) is 0 Å². The summed E-state index contributed by atoms with van der Waals surface area (Å²) in [5.74, 6) is 0. The highest BCUT2D eigenvalue weighted by atomic mass is 16.6. The van der Waals surface area contributed by atoms with Crippen molar-refractivity contribution in [2.24, 2.45) is 0 Å². The first-order chi connectivity index (χ1) is 9.91. The van der Waals surface area contributed by atoms with Crippen LogP contribution in [0.25, 0.3) is 11.0 Å². The van der Waals surface area contributed by atoms with Gasteiger partial charge in [-0.2, -0.15) is 0 Å². The normalized spacial score (nSPS) is 33.2. The molecular weight excluding hydrogens is 280 g/mol. The van der Waals surface area contributed by atoms with E-state index in [1.54, 1.807) is 12.1 Å². The van der Waals surface area contributed by atoms with Crippen molar-refractivity contribution in [2.45, 2.75) is 24.1 Å². The van der Waals surface area contributed by atoms with Crippen LogP contribution in [-0.2, 0) is 10.3 Å². The number of aliphatic hydroxyl groups excluding tert-OH is 3. The number of fused-ring (bicyclic) bond motifs is 1. The van der Waals surface area contributed by atoms with Gasteiger partial charge >= 0.3 is 5.63 Å². The Morgan fingerprint density at radius 1 is 1.14 bits per heavy atom. The van der Waals surface area contributed by atoms with Crippen LogP contribution in [0.15, 0.2) is 39.5 Å². The molecule has 4 N–H and O–H groups in total. The molecule has 21 heavy (non-hydrogen) atoms. The van der Waals surface area contributed by atoms with Crippen molar-refractivity contribution >= 4 is 11.0 Å². The van der Waals surface area contributed by atoms with Crippen LogP contribution in [-0.4, -0.2) is 45.5 Å². The van der Waals surface area contributed by atoms with Crippen LogP contribution in [0.3, 0.4) is 0 Å². The van der Waals surface area contributed by atoms with E-state index in [9.17, 15) is 25.2 Å². The summed E-state index contributed by atoms with van der Waals surface area (Å²) in [6.07, 6.45) is -4.87. The minimum atomic E-state index is -1.92. The number of ether oxygens (including phenoxy) is 1. The lowest BCUT2D eigenvalue weighted by Gasteiger charge is -2.41. The summed E-state index contributed by atoms with van der Waals surface area (Å²) in [6.45, 7) is -0.408. The first kappa shape index (κ1) is 14.2. The minimum absolute atomic E-state index is 0.211. The standard InChI is InChI=1S/C14H14O7/c15-10-4-2-7-1-3-8(5-9(7)21-10)14(19)6-20-13(18)11(16)12(14)17/h1-5,11-13,16-19H,6H2/t11-,12-,13-,14+/m1/s1. The van der Waals surface area contributed by atoms with Crippen LogP contribution in [0.2, 0.25) is 0 Å². The Bertz CT molecular complexity index is 725. The molecule has 2 aromatic rings. The van der Waals surface area contributed by atoms with Gasteiger partial charge in [0.2, 0.25) is 0 Å². The molecule has 0 spiro atoms. The van der Waals surface area contributed by atoms with Crippen molar-refractivity contribution in [3.63, 3.8) is 0 Å². The van der Waals surface area contributed by atoms with E-state index in [0.29, 0.717) is 5.39 Å². The second-order valence-electron chi connectivity index (χ2n) is 5.07. The monoisotopic (exact) mass is 294 g/mol. The molecule has 0 bridgehead atoms. The quantitative estimate of drug-likeness (QED) is 0.500. The van der Waals surface area contributed by atoms with Crippen molar-refractivity contribution in [3.8, 4) is 0 Å². The van der Waals surface area contributed by atoms with Gasteiger partial charge in [-0.3, -0.25) is 0 Å². The second-order valence-corrected chi connectivity index (χ2v) is 5.07. The van der Waals surface area contributed by atoms with Gasteiger partial charge in [0, 0.05) is 11.5 Å². The molecule has 7 nitrogen and oxygen atoms in total. The largest absolute Gasteiger partial charge is 0.423 e. The number of rotatable bonds is 1. The Labute approximate surface area is 118 Å². The molecule has 1 aliphatic heterocycles. The lowest BCUT2D eigenvalue weighted by molar-refractivity contribution is -0.289. The molecule has 0 unspecified atom stereocenters. The number of hydrogen-bond donors (Lipinski definition) is 4. The summed E-state index contributed by atoms with van der Waals surface area (Å²) in [4.78, 5) is 11.2. The zero-order valence-electron chi connectivity index (χ0n) is 10.8. The fourth-order valence-electron chi connectivity index (χ4n) is 2.42. The summed E-state index contributed by atoms with van der Waals surface area (Å²) in [6, 6.07) is 7.37. The van der Waals surface area contributed by atoms with Crippen LogP contribution in [0, 0.1) is 0 Å². The van der Waals surface area contributed by atoms with E-state index < -0.39 is 36.3 Å². The summed E-state index contributed by atoms with van der Waals surface area (Å²) < 4.78 is 9.89. The van der Waals surface area contributed by atoms with Gasteiger partial charge in [-0.15, -0.1) is 0 Å². The third-order valence-corrected chi connectivity index (χ3v) is 3.70. The van der Waals surface area contributed by atoms with Gasteiger partial charge in [-0.05, 0) is 17.7 Å². The smallest absolute Gasteiger partial charge is 0.336 e. The molecule has 1 aliphatic rings. The van der Waals surface area contributed by atoms with E-state index in [2.05, 4.69) is 0 Å². The first-order valence-corrected chi connectivity index (χ1v) is 6.34. The number of aliphatic hydroxyl groups is 4. The van der Waals surface area contributed by atoms with Crippen LogP contribution in [0.1, 0.15) is 5.56 Å². The third-order valence-electron chi connectivity index (χ3n) is 3.70. The molecule has 1 fully saturated rings. The molecule has 1 saturated heterocycles. The number of hydrogen-bond acceptors (Lipinski definition) is 7. The van der Waals surface area contributed by atoms with Gasteiger partial charge < -0.3 is 29.6 Å². The first-order valence-electron chi connectivity index (χ1n) is 6.34. The SMILES string of the molecule is O=c1ccc2ccc([C@@]3(O)CO[C@@H](O)[C@H](O)[C@H]3O)cc2o1. The summed E-state index contributed by atoms with van der Waals surface area (Å²) in [5, 5.41) is 40.2. The summed E-state index contributed by atoms with van der Waals surface area (Å²) >= 11 is 0. The van der Waals surface area contributed by atoms with E-state index in [-0.39, 0.29) is 11.1 Å². The minimum Gasteiger partial charge on any atom is -0.423 e. The maximum absolute atomic E-state index is 11.2. The highest BCUT2D eigenvalue weighted by molar-refractivity contribution is 5.77. The lowest BCUT2D eigenvalue weighted by atomic mass is 9.84. The van der Waals surface area contributed by atoms with Gasteiger partial charge in [0.25, 0.3) is 0 Å². The molecule has 3 rings (SSSR count).